The summed E-state index contributed by atoms with van der Waals surface area (Å²) in [5.74, 6) is 0. The van der Waals surface area contributed by atoms with Gasteiger partial charge in [-0.3, -0.25) is 4.90 Å². The Bertz CT molecular complexity index is 657. The number of benzene rings is 1. The van der Waals surface area contributed by atoms with Crippen LogP contribution in [-0.2, 0) is 4.74 Å². The number of ether oxygens (including phenoxy) is 1. The SMILES string of the molecule is Cc1c(N2C(=O)OC[C@@H]2[C@H](O)C(F)(F)F)ccc(C#N)c1Cl. The fourth-order valence-corrected chi connectivity index (χ4v) is 2.39. The van der Waals surface area contributed by atoms with E-state index < -0.39 is 31.0 Å². The molecule has 0 saturated carbocycles. The van der Waals surface area contributed by atoms with E-state index >= 15 is 0 Å². The summed E-state index contributed by atoms with van der Waals surface area (Å²) in [4.78, 5) is 12.5. The lowest BCUT2D eigenvalue weighted by atomic mass is 10.1. The molecule has 0 bridgehead atoms. The third-order valence-corrected chi connectivity index (χ3v) is 3.83. The van der Waals surface area contributed by atoms with Crippen molar-refractivity contribution in [2.45, 2.75) is 25.2 Å². The lowest BCUT2D eigenvalue weighted by molar-refractivity contribution is -0.209. The molecular weight excluding hydrogens is 325 g/mol. The van der Waals surface area contributed by atoms with Crippen molar-refractivity contribution in [3.05, 3.63) is 28.3 Å². The lowest BCUT2D eigenvalue weighted by Gasteiger charge is -2.28. The molecule has 5 nitrogen and oxygen atoms in total. The Morgan fingerprint density at radius 2 is 2.18 bits per heavy atom. The van der Waals surface area contributed by atoms with Gasteiger partial charge in [0.15, 0.2) is 6.10 Å². The summed E-state index contributed by atoms with van der Waals surface area (Å²) in [6, 6.07) is 2.79. The van der Waals surface area contributed by atoms with E-state index in [2.05, 4.69) is 4.74 Å². The van der Waals surface area contributed by atoms with Crippen LogP contribution >= 0.6 is 11.6 Å². The first-order chi connectivity index (χ1) is 10.2. The number of aliphatic hydroxyl groups is 1. The summed E-state index contributed by atoms with van der Waals surface area (Å²) < 4.78 is 42.7. The number of alkyl halides is 3. The summed E-state index contributed by atoms with van der Waals surface area (Å²) >= 11 is 5.96. The van der Waals surface area contributed by atoms with E-state index in [0.717, 1.165) is 0 Å². The zero-order valence-electron chi connectivity index (χ0n) is 11.2. The van der Waals surface area contributed by atoms with Gasteiger partial charge in [0, 0.05) is 0 Å². The number of amides is 1. The number of carbonyl (C=O) groups is 1. The third kappa shape index (κ3) is 2.69. The normalized spacial score (nSPS) is 19.8. The Kier molecular flexibility index (Phi) is 4.22. The van der Waals surface area contributed by atoms with E-state index in [1.54, 1.807) is 0 Å². The van der Waals surface area contributed by atoms with Crippen LogP contribution in [-0.4, -0.2) is 36.1 Å². The number of aliphatic hydroxyl groups excluding tert-OH is 1. The molecule has 118 valence electrons. The van der Waals surface area contributed by atoms with Crippen molar-refractivity contribution in [2.24, 2.45) is 0 Å². The van der Waals surface area contributed by atoms with Crippen molar-refractivity contribution >= 4 is 23.4 Å². The molecule has 22 heavy (non-hydrogen) atoms. The first-order valence-corrected chi connectivity index (χ1v) is 6.46. The molecule has 0 unspecified atom stereocenters. The smallest absolute Gasteiger partial charge is 0.416 e. The molecule has 2 atom stereocenters. The summed E-state index contributed by atoms with van der Waals surface area (Å²) in [6.45, 7) is 0.859. The number of rotatable bonds is 2. The van der Waals surface area contributed by atoms with Crippen molar-refractivity contribution in [1.82, 2.24) is 0 Å². The van der Waals surface area contributed by atoms with E-state index in [4.69, 9.17) is 16.9 Å². The van der Waals surface area contributed by atoms with Crippen LogP contribution in [0.1, 0.15) is 11.1 Å². The molecule has 1 N–H and O–H groups in total. The second kappa shape index (κ2) is 5.66. The number of nitrogens with zero attached hydrogens (tertiary/aromatic N) is 2. The molecule has 1 saturated heterocycles. The Hall–Kier alpha value is -1.98. The monoisotopic (exact) mass is 334 g/mol. The number of anilines is 1. The number of nitriles is 1. The maximum absolute atomic E-state index is 12.7. The van der Waals surface area contributed by atoms with Gasteiger partial charge in [-0.2, -0.15) is 18.4 Å². The summed E-state index contributed by atoms with van der Waals surface area (Å²) in [7, 11) is 0. The number of carbonyl (C=O) groups excluding carboxylic acids is 1. The van der Waals surface area contributed by atoms with Gasteiger partial charge in [0.25, 0.3) is 0 Å². The molecule has 2 rings (SSSR count). The molecule has 0 aliphatic carbocycles. The van der Waals surface area contributed by atoms with Crippen molar-refractivity contribution in [3.63, 3.8) is 0 Å². The Balaban J connectivity index is 2.48. The fraction of sp³-hybridized carbons (Fsp3) is 0.385. The van der Waals surface area contributed by atoms with Crippen LogP contribution in [0.3, 0.4) is 0 Å². The minimum absolute atomic E-state index is 0.0277. The van der Waals surface area contributed by atoms with Crippen LogP contribution < -0.4 is 4.90 Å². The summed E-state index contributed by atoms with van der Waals surface area (Å²) in [5, 5.41) is 18.3. The fourth-order valence-electron chi connectivity index (χ4n) is 2.19. The topological polar surface area (TPSA) is 73.6 Å². The average molecular weight is 335 g/mol. The number of hydrogen-bond acceptors (Lipinski definition) is 4. The minimum Gasteiger partial charge on any atom is -0.447 e. The standard InChI is InChI=1S/C13H10ClF3N2O3/c1-6-8(3-2-7(4-18)10(6)14)19-9(5-22-12(19)21)11(20)13(15,16)17/h2-3,9,11,20H,5H2,1H3/t9-,11+/m1/s1. The average Bonchev–Trinajstić information content (AvgIpc) is 2.81. The quantitative estimate of drug-likeness (QED) is 0.902. The highest BCUT2D eigenvalue weighted by atomic mass is 35.5. The molecular formula is C13H10ClF3N2O3. The first kappa shape index (κ1) is 16.4. The Morgan fingerprint density at radius 1 is 1.55 bits per heavy atom. The van der Waals surface area contributed by atoms with Crippen LogP contribution in [0.15, 0.2) is 12.1 Å². The van der Waals surface area contributed by atoms with Crippen molar-refractivity contribution in [2.75, 3.05) is 11.5 Å². The predicted molar refractivity (Wildman–Crippen MR) is 70.6 cm³/mol. The molecule has 0 aromatic heterocycles. The Labute approximate surface area is 128 Å². The molecule has 1 aliphatic rings. The van der Waals surface area contributed by atoms with Gasteiger partial charge in [-0.1, -0.05) is 11.6 Å². The van der Waals surface area contributed by atoms with Gasteiger partial charge in [0.05, 0.1) is 16.3 Å². The second-order valence-electron chi connectivity index (χ2n) is 4.68. The first-order valence-electron chi connectivity index (χ1n) is 6.08. The van der Waals surface area contributed by atoms with Crippen molar-refractivity contribution < 1.29 is 27.8 Å². The maximum atomic E-state index is 12.7. The minimum atomic E-state index is -4.90. The van der Waals surface area contributed by atoms with Crippen molar-refractivity contribution in [1.29, 1.82) is 5.26 Å². The van der Waals surface area contributed by atoms with Crippen LogP contribution in [0.2, 0.25) is 5.02 Å². The number of hydrogen-bond donors (Lipinski definition) is 1. The van der Waals surface area contributed by atoms with Crippen LogP contribution in [0.4, 0.5) is 23.7 Å². The molecule has 9 heteroatoms. The molecule has 1 heterocycles. The van der Waals surface area contributed by atoms with E-state index in [9.17, 15) is 23.1 Å². The van der Waals surface area contributed by atoms with E-state index in [-0.39, 0.29) is 21.8 Å². The summed E-state index contributed by atoms with van der Waals surface area (Å²) in [6.07, 6.45) is -8.67. The van der Waals surface area contributed by atoms with E-state index in [1.165, 1.54) is 19.1 Å². The highest BCUT2D eigenvalue weighted by molar-refractivity contribution is 6.33. The highest BCUT2D eigenvalue weighted by Gasteiger charge is 2.51. The molecule has 0 spiro atoms. The number of cyclic esters (lactones) is 1. The zero-order chi connectivity index (χ0) is 16.7. The van der Waals surface area contributed by atoms with Crippen molar-refractivity contribution in [3.8, 4) is 6.07 Å². The second-order valence-corrected chi connectivity index (χ2v) is 5.06. The molecule has 1 aromatic rings. The van der Waals surface area contributed by atoms with Gasteiger partial charge in [0.1, 0.15) is 18.7 Å². The lowest BCUT2D eigenvalue weighted by Crippen LogP contribution is -2.49. The Morgan fingerprint density at radius 3 is 2.73 bits per heavy atom. The number of halogens is 4. The van der Waals surface area contributed by atoms with Gasteiger partial charge < -0.3 is 9.84 Å². The molecule has 1 amide bonds. The highest BCUT2D eigenvalue weighted by Crippen LogP contribution is 2.36. The van der Waals surface area contributed by atoms with Crippen LogP contribution in [0, 0.1) is 18.3 Å². The van der Waals surface area contributed by atoms with E-state index in [1.807, 2.05) is 6.07 Å². The van der Waals surface area contributed by atoms with Gasteiger partial charge in [-0.15, -0.1) is 0 Å². The molecule has 1 aromatic carbocycles. The largest absolute Gasteiger partial charge is 0.447 e. The molecule has 0 radical (unpaired) electrons. The van der Waals surface area contributed by atoms with Crippen LogP contribution in [0.5, 0.6) is 0 Å². The van der Waals surface area contributed by atoms with Gasteiger partial charge in [-0.05, 0) is 24.6 Å². The molecule has 1 aliphatic heterocycles. The maximum Gasteiger partial charge on any atom is 0.416 e. The summed E-state index contributed by atoms with van der Waals surface area (Å²) in [5.41, 5.74) is 0.433. The van der Waals surface area contributed by atoms with Gasteiger partial charge >= 0.3 is 12.3 Å². The molecule has 1 fully saturated rings. The third-order valence-electron chi connectivity index (χ3n) is 3.34. The van der Waals surface area contributed by atoms with Gasteiger partial charge in [-0.25, -0.2) is 4.79 Å². The predicted octanol–water partition coefficient (Wildman–Crippen LogP) is 2.77. The van der Waals surface area contributed by atoms with E-state index in [0.29, 0.717) is 4.90 Å². The van der Waals surface area contributed by atoms with Crippen LogP contribution in [0.25, 0.3) is 0 Å². The van der Waals surface area contributed by atoms with Gasteiger partial charge in [0.2, 0.25) is 0 Å². The zero-order valence-corrected chi connectivity index (χ0v) is 11.9.